The largest absolute Gasteiger partial charge is 0.496 e. The summed E-state index contributed by atoms with van der Waals surface area (Å²) >= 11 is 5.76. The van der Waals surface area contributed by atoms with Gasteiger partial charge in [-0.05, 0) is 42.7 Å². The van der Waals surface area contributed by atoms with Crippen molar-refractivity contribution in [3.63, 3.8) is 0 Å². The lowest BCUT2D eigenvalue weighted by Gasteiger charge is -2.17. The van der Waals surface area contributed by atoms with Gasteiger partial charge >= 0.3 is 0 Å². The summed E-state index contributed by atoms with van der Waals surface area (Å²) in [7, 11) is 1.63. The van der Waals surface area contributed by atoms with Crippen molar-refractivity contribution < 1.29 is 9.13 Å². The molecule has 106 valence electrons. The second-order valence-electron chi connectivity index (χ2n) is 4.83. The molecule has 0 spiro atoms. The third kappa shape index (κ3) is 2.79. The molecule has 1 unspecified atom stereocenters. The molecule has 2 N–H and O–H groups in total. The molecule has 0 aliphatic heterocycles. The fourth-order valence-electron chi connectivity index (χ4n) is 2.42. The van der Waals surface area contributed by atoms with Crippen molar-refractivity contribution in [1.29, 1.82) is 0 Å². The van der Waals surface area contributed by atoms with E-state index in [1.807, 2.05) is 26.0 Å². The minimum absolute atomic E-state index is 0.362. The highest BCUT2D eigenvalue weighted by Gasteiger charge is 2.16. The monoisotopic (exact) mass is 293 g/mol. The number of aryl methyl sites for hydroxylation is 2. The molecule has 1 atom stereocenters. The van der Waals surface area contributed by atoms with Crippen molar-refractivity contribution in [2.45, 2.75) is 19.9 Å². The summed E-state index contributed by atoms with van der Waals surface area (Å²) in [5, 5.41) is 0.362. The van der Waals surface area contributed by atoms with Gasteiger partial charge in [0.05, 0.1) is 13.2 Å². The molecule has 0 heterocycles. The summed E-state index contributed by atoms with van der Waals surface area (Å²) in [4.78, 5) is 0. The Morgan fingerprint density at radius 3 is 2.25 bits per heavy atom. The zero-order valence-electron chi connectivity index (χ0n) is 11.7. The number of nitrogens with two attached hydrogens (primary N) is 1. The van der Waals surface area contributed by atoms with Gasteiger partial charge in [0.1, 0.15) is 11.6 Å². The zero-order valence-corrected chi connectivity index (χ0v) is 12.5. The van der Waals surface area contributed by atoms with Crippen molar-refractivity contribution in [2.75, 3.05) is 7.11 Å². The first-order valence-corrected chi connectivity index (χ1v) is 6.67. The third-order valence-corrected chi connectivity index (χ3v) is 3.58. The Balaban J connectivity index is 2.45. The molecule has 2 aromatic carbocycles. The van der Waals surface area contributed by atoms with E-state index in [-0.39, 0.29) is 0 Å². The Morgan fingerprint density at radius 2 is 1.75 bits per heavy atom. The number of halogens is 2. The molecule has 0 radical (unpaired) electrons. The van der Waals surface area contributed by atoms with Crippen LogP contribution in [0.5, 0.6) is 5.75 Å². The van der Waals surface area contributed by atoms with Gasteiger partial charge in [-0.3, -0.25) is 0 Å². The number of benzene rings is 2. The zero-order chi connectivity index (χ0) is 14.9. The first-order chi connectivity index (χ1) is 9.43. The molecular weight excluding hydrogens is 277 g/mol. The summed E-state index contributed by atoms with van der Waals surface area (Å²) in [6.07, 6.45) is 0. The van der Waals surface area contributed by atoms with Crippen LogP contribution in [0.2, 0.25) is 5.02 Å². The maximum absolute atomic E-state index is 13.9. The smallest absolute Gasteiger partial charge is 0.129 e. The molecule has 2 rings (SSSR count). The van der Waals surface area contributed by atoms with Crippen molar-refractivity contribution in [3.8, 4) is 5.75 Å². The predicted molar refractivity (Wildman–Crippen MR) is 79.9 cm³/mol. The molecule has 0 aliphatic carbocycles. The molecule has 0 saturated heterocycles. The van der Waals surface area contributed by atoms with Crippen LogP contribution < -0.4 is 10.5 Å². The molecule has 4 heteroatoms. The highest BCUT2D eigenvalue weighted by Crippen LogP contribution is 2.30. The Morgan fingerprint density at radius 1 is 1.15 bits per heavy atom. The number of rotatable bonds is 3. The van der Waals surface area contributed by atoms with Crippen LogP contribution in [0, 0.1) is 19.7 Å². The molecule has 0 fully saturated rings. The van der Waals surface area contributed by atoms with Crippen molar-refractivity contribution in [3.05, 3.63) is 63.4 Å². The number of ether oxygens (including phenoxy) is 1. The average molecular weight is 294 g/mol. The fourth-order valence-corrected chi connectivity index (χ4v) is 2.58. The Kier molecular flexibility index (Phi) is 4.31. The third-order valence-electron chi connectivity index (χ3n) is 3.34. The fraction of sp³-hybridized carbons (Fsp3) is 0.250. The summed E-state index contributed by atoms with van der Waals surface area (Å²) in [5.41, 5.74) is 9.41. The van der Waals surface area contributed by atoms with E-state index >= 15 is 0 Å². The molecule has 2 aromatic rings. The van der Waals surface area contributed by atoms with Gasteiger partial charge in [0.15, 0.2) is 0 Å². The SMILES string of the molecule is COc1c(C)cc(C(N)c2ccc(Cl)cc2F)cc1C. The number of methoxy groups -OCH3 is 1. The van der Waals surface area contributed by atoms with Gasteiger partial charge in [0, 0.05) is 10.6 Å². The lowest BCUT2D eigenvalue weighted by molar-refractivity contribution is 0.408. The topological polar surface area (TPSA) is 35.2 Å². The van der Waals surface area contributed by atoms with E-state index in [0.717, 1.165) is 22.4 Å². The van der Waals surface area contributed by atoms with Crippen LogP contribution in [0.15, 0.2) is 30.3 Å². The molecule has 20 heavy (non-hydrogen) atoms. The van der Waals surface area contributed by atoms with E-state index < -0.39 is 11.9 Å². The lowest BCUT2D eigenvalue weighted by atomic mass is 9.95. The maximum atomic E-state index is 13.9. The minimum atomic E-state index is -0.532. The lowest BCUT2D eigenvalue weighted by Crippen LogP contribution is -2.14. The Hall–Kier alpha value is -1.58. The van der Waals surface area contributed by atoms with E-state index in [9.17, 15) is 4.39 Å². The summed E-state index contributed by atoms with van der Waals surface area (Å²) in [6.45, 7) is 3.89. The second-order valence-corrected chi connectivity index (χ2v) is 5.27. The van der Waals surface area contributed by atoms with E-state index in [1.54, 1.807) is 19.2 Å². The molecular formula is C16H17ClFNO. The molecule has 0 saturated carbocycles. The van der Waals surface area contributed by atoms with Crippen LogP contribution in [-0.2, 0) is 0 Å². The Labute approximate surface area is 123 Å². The van der Waals surface area contributed by atoms with Crippen molar-refractivity contribution in [1.82, 2.24) is 0 Å². The van der Waals surface area contributed by atoms with Crippen LogP contribution in [0.25, 0.3) is 0 Å². The molecule has 0 bridgehead atoms. The van der Waals surface area contributed by atoms with Crippen LogP contribution >= 0.6 is 11.6 Å². The van der Waals surface area contributed by atoms with Gasteiger partial charge in [-0.1, -0.05) is 29.8 Å². The molecule has 2 nitrogen and oxygen atoms in total. The highest BCUT2D eigenvalue weighted by atomic mass is 35.5. The molecule has 0 aliphatic rings. The molecule has 0 amide bonds. The first-order valence-electron chi connectivity index (χ1n) is 6.29. The maximum Gasteiger partial charge on any atom is 0.129 e. The van der Waals surface area contributed by atoms with E-state index in [1.165, 1.54) is 6.07 Å². The summed E-state index contributed by atoms with van der Waals surface area (Å²) < 4.78 is 19.3. The van der Waals surface area contributed by atoms with Gasteiger partial charge < -0.3 is 10.5 Å². The molecule has 0 aromatic heterocycles. The van der Waals surface area contributed by atoms with Crippen LogP contribution in [0.4, 0.5) is 4.39 Å². The van der Waals surface area contributed by atoms with Gasteiger partial charge in [-0.25, -0.2) is 4.39 Å². The van der Waals surface area contributed by atoms with E-state index in [0.29, 0.717) is 10.6 Å². The van der Waals surface area contributed by atoms with Crippen molar-refractivity contribution in [2.24, 2.45) is 5.73 Å². The van der Waals surface area contributed by atoms with Gasteiger partial charge in [-0.15, -0.1) is 0 Å². The number of hydrogen-bond acceptors (Lipinski definition) is 2. The summed E-state index contributed by atoms with van der Waals surface area (Å²) in [5.74, 6) is 0.439. The second kappa shape index (κ2) is 5.81. The average Bonchev–Trinajstić information content (AvgIpc) is 2.37. The normalized spacial score (nSPS) is 12.3. The van der Waals surface area contributed by atoms with Crippen LogP contribution in [0.3, 0.4) is 0 Å². The van der Waals surface area contributed by atoms with Crippen LogP contribution in [-0.4, -0.2) is 7.11 Å². The van der Waals surface area contributed by atoms with Gasteiger partial charge in [0.25, 0.3) is 0 Å². The quantitative estimate of drug-likeness (QED) is 0.922. The minimum Gasteiger partial charge on any atom is -0.496 e. The summed E-state index contributed by atoms with van der Waals surface area (Å²) in [6, 6.07) is 7.85. The highest BCUT2D eigenvalue weighted by molar-refractivity contribution is 6.30. The Bertz CT molecular complexity index is 619. The van der Waals surface area contributed by atoms with Gasteiger partial charge in [-0.2, -0.15) is 0 Å². The van der Waals surface area contributed by atoms with E-state index in [4.69, 9.17) is 22.1 Å². The number of hydrogen-bond donors (Lipinski definition) is 1. The van der Waals surface area contributed by atoms with Crippen molar-refractivity contribution >= 4 is 11.6 Å². The van der Waals surface area contributed by atoms with Crippen LogP contribution in [0.1, 0.15) is 28.3 Å². The van der Waals surface area contributed by atoms with E-state index in [2.05, 4.69) is 0 Å². The first kappa shape index (κ1) is 14.8. The van der Waals surface area contributed by atoms with Gasteiger partial charge in [0.2, 0.25) is 0 Å². The predicted octanol–water partition coefficient (Wildman–Crippen LogP) is 4.15. The standard InChI is InChI=1S/C16H17ClFNO/c1-9-6-11(7-10(2)16(9)20-3)15(19)13-5-4-12(17)8-14(13)18/h4-8,15H,19H2,1-3H3.